The van der Waals surface area contributed by atoms with Crippen molar-refractivity contribution in [1.29, 1.82) is 0 Å². The first-order chi connectivity index (χ1) is 9.69. The summed E-state index contributed by atoms with van der Waals surface area (Å²) in [5.74, 6) is 0.525. The molecule has 0 fully saturated rings. The SMILES string of the molecule is COCCNCc1nnc(Nc2ccc(Br)cc2Br)o1. The zero-order chi connectivity index (χ0) is 14.4. The quantitative estimate of drug-likeness (QED) is 0.689. The highest BCUT2D eigenvalue weighted by atomic mass is 79.9. The lowest BCUT2D eigenvalue weighted by molar-refractivity contribution is 0.198. The van der Waals surface area contributed by atoms with Gasteiger partial charge in [-0.2, -0.15) is 0 Å². The molecule has 8 heteroatoms. The maximum Gasteiger partial charge on any atom is 0.320 e. The van der Waals surface area contributed by atoms with E-state index in [1.165, 1.54) is 0 Å². The predicted molar refractivity (Wildman–Crippen MR) is 83.0 cm³/mol. The van der Waals surface area contributed by atoms with Crippen LogP contribution in [0.5, 0.6) is 0 Å². The van der Waals surface area contributed by atoms with Gasteiger partial charge in [-0.25, -0.2) is 0 Å². The highest BCUT2D eigenvalue weighted by Crippen LogP contribution is 2.28. The van der Waals surface area contributed by atoms with E-state index in [0.29, 0.717) is 25.1 Å². The molecule has 1 aromatic heterocycles. The number of nitrogens with zero attached hydrogens (tertiary/aromatic N) is 2. The minimum Gasteiger partial charge on any atom is -0.406 e. The summed E-state index contributed by atoms with van der Waals surface area (Å²) in [6, 6.07) is 6.13. The van der Waals surface area contributed by atoms with Crippen LogP contribution in [0.4, 0.5) is 11.7 Å². The fourth-order valence-corrected chi connectivity index (χ4v) is 2.60. The maximum absolute atomic E-state index is 5.48. The molecule has 0 saturated heterocycles. The third kappa shape index (κ3) is 4.55. The lowest BCUT2D eigenvalue weighted by Crippen LogP contribution is -2.18. The number of hydrogen-bond acceptors (Lipinski definition) is 6. The van der Waals surface area contributed by atoms with Crippen molar-refractivity contribution in [3.63, 3.8) is 0 Å². The van der Waals surface area contributed by atoms with Crippen molar-refractivity contribution in [2.24, 2.45) is 0 Å². The molecule has 0 spiro atoms. The van der Waals surface area contributed by atoms with Crippen LogP contribution in [0.15, 0.2) is 31.6 Å². The van der Waals surface area contributed by atoms with E-state index >= 15 is 0 Å². The number of hydrogen-bond donors (Lipinski definition) is 2. The van der Waals surface area contributed by atoms with Gasteiger partial charge < -0.3 is 19.8 Å². The third-order valence-corrected chi connectivity index (χ3v) is 3.55. The molecule has 20 heavy (non-hydrogen) atoms. The fraction of sp³-hybridized carbons (Fsp3) is 0.333. The number of methoxy groups -OCH3 is 1. The smallest absolute Gasteiger partial charge is 0.320 e. The molecule has 2 rings (SSSR count). The van der Waals surface area contributed by atoms with E-state index in [1.807, 2.05) is 18.2 Å². The van der Waals surface area contributed by atoms with E-state index in [1.54, 1.807) is 7.11 Å². The summed E-state index contributed by atoms with van der Waals surface area (Å²) in [5.41, 5.74) is 0.857. The second-order valence-electron chi connectivity index (χ2n) is 3.92. The number of benzene rings is 1. The summed E-state index contributed by atoms with van der Waals surface area (Å²) in [6.07, 6.45) is 0. The highest BCUT2D eigenvalue weighted by Gasteiger charge is 2.08. The summed E-state index contributed by atoms with van der Waals surface area (Å²) in [4.78, 5) is 0. The molecule has 1 aromatic carbocycles. The molecule has 0 aliphatic rings. The third-order valence-electron chi connectivity index (χ3n) is 2.40. The second kappa shape index (κ2) is 7.72. The Bertz CT molecular complexity index is 562. The molecule has 0 atom stereocenters. The monoisotopic (exact) mass is 404 g/mol. The van der Waals surface area contributed by atoms with Crippen LogP contribution in [-0.2, 0) is 11.3 Å². The number of rotatable bonds is 7. The zero-order valence-electron chi connectivity index (χ0n) is 10.8. The molecule has 0 radical (unpaired) electrons. The summed E-state index contributed by atoms with van der Waals surface area (Å²) < 4.78 is 12.3. The van der Waals surface area contributed by atoms with Crippen molar-refractivity contribution >= 4 is 43.6 Å². The van der Waals surface area contributed by atoms with E-state index < -0.39 is 0 Å². The van der Waals surface area contributed by atoms with Crippen LogP contribution in [0, 0.1) is 0 Å². The normalized spacial score (nSPS) is 10.8. The summed E-state index contributed by atoms with van der Waals surface area (Å²) in [6.45, 7) is 1.89. The van der Waals surface area contributed by atoms with E-state index in [0.717, 1.165) is 21.2 Å². The highest BCUT2D eigenvalue weighted by molar-refractivity contribution is 9.11. The van der Waals surface area contributed by atoms with Crippen LogP contribution in [0.2, 0.25) is 0 Å². The van der Waals surface area contributed by atoms with Crippen LogP contribution in [0.1, 0.15) is 5.89 Å². The molecule has 0 saturated carbocycles. The van der Waals surface area contributed by atoms with Gasteiger partial charge in [0.1, 0.15) is 0 Å². The largest absolute Gasteiger partial charge is 0.406 e. The first-order valence-electron chi connectivity index (χ1n) is 5.93. The van der Waals surface area contributed by atoms with E-state index in [2.05, 4.69) is 52.7 Å². The first kappa shape index (κ1) is 15.4. The number of nitrogens with one attached hydrogen (secondary N) is 2. The number of halogens is 2. The lowest BCUT2D eigenvalue weighted by Gasteiger charge is -2.04. The van der Waals surface area contributed by atoms with Crippen molar-refractivity contribution in [1.82, 2.24) is 15.5 Å². The van der Waals surface area contributed by atoms with Gasteiger partial charge in [0.05, 0.1) is 18.8 Å². The topological polar surface area (TPSA) is 72.2 Å². The minimum absolute atomic E-state index is 0.358. The number of ether oxygens (including phenoxy) is 1. The van der Waals surface area contributed by atoms with Gasteiger partial charge >= 0.3 is 6.01 Å². The van der Waals surface area contributed by atoms with Crippen LogP contribution in [0.3, 0.4) is 0 Å². The summed E-state index contributed by atoms with van der Waals surface area (Å²) in [5, 5.41) is 14.1. The van der Waals surface area contributed by atoms with Crippen LogP contribution in [0.25, 0.3) is 0 Å². The Kier molecular flexibility index (Phi) is 5.96. The molecular formula is C12H14Br2N4O2. The zero-order valence-corrected chi connectivity index (χ0v) is 14.0. The fourth-order valence-electron chi connectivity index (χ4n) is 1.45. The van der Waals surface area contributed by atoms with Crippen molar-refractivity contribution in [2.45, 2.75) is 6.54 Å². The van der Waals surface area contributed by atoms with E-state index in [9.17, 15) is 0 Å². The Morgan fingerprint density at radius 2 is 2.15 bits per heavy atom. The summed E-state index contributed by atoms with van der Waals surface area (Å²) >= 11 is 6.86. The molecule has 0 aliphatic carbocycles. The van der Waals surface area contributed by atoms with Gasteiger partial charge in [0.15, 0.2) is 0 Å². The first-order valence-corrected chi connectivity index (χ1v) is 7.52. The van der Waals surface area contributed by atoms with Gasteiger partial charge in [0.25, 0.3) is 0 Å². The van der Waals surface area contributed by atoms with Crippen LogP contribution < -0.4 is 10.6 Å². The van der Waals surface area contributed by atoms with Gasteiger partial charge in [-0.15, -0.1) is 5.10 Å². The van der Waals surface area contributed by atoms with Crippen molar-refractivity contribution in [2.75, 3.05) is 25.6 Å². The molecule has 1 heterocycles. The average molecular weight is 406 g/mol. The lowest BCUT2D eigenvalue weighted by atomic mass is 10.3. The van der Waals surface area contributed by atoms with Gasteiger partial charge in [-0.1, -0.05) is 21.0 Å². The molecule has 0 aliphatic heterocycles. The Labute approximate surface area is 133 Å². The van der Waals surface area contributed by atoms with Gasteiger partial charge in [-0.3, -0.25) is 0 Å². The van der Waals surface area contributed by atoms with Crippen molar-refractivity contribution in [3.8, 4) is 0 Å². The Morgan fingerprint density at radius 1 is 1.30 bits per heavy atom. The van der Waals surface area contributed by atoms with Crippen LogP contribution >= 0.6 is 31.9 Å². The molecule has 2 N–H and O–H groups in total. The molecule has 6 nitrogen and oxygen atoms in total. The second-order valence-corrected chi connectivity index (χ2v) is 5.69. The molecule has 0 amide bonds. The average Bonchev–Trinajstić information content (AvgIpc) is 2.86. The van der Waals surface area contributed by atoms with Gasteiger partial charge in [0.2, 0.25) is 5.89 Å². The Balaban J connectivity index is 1.92. The molecule has 2 aromatic rings. The summed E-state index contributed by atoms with van der Waals surface area (Å²) in [7, 11) is 1.66. The van der Waals surface area contributed by atoms with Gasteiger partial charge in [0, 0.05) is 22.6 Å². The number of anilines is 2. The van der Waals surface area contributed by atoms with Crippen LogP contribution in [-0.4, -0.2) is 30.5 Å². The predicted octanol–water partition coefficient (Wildman–Crippen LogP) is 3.07. The van der Waals surface area contributed by atoms with E-state index in [4.69, 9.17) is 9.15 Å². The molecular weight excluding hydrogens is 392 g/mol. The van der Waals surface area contributed by atoms with E-state index in [-0.39, 0.29) is 0 Å². The molecule has 0 unspecified atom stereocenters. The van der Waals surface area contributed by atoms with Crippen molar-refractivity contribution < 1.29 is 9.15 Å². The van der Waals surface area contributed by atoms with Crippen molar-refractivity contribution in [3.05, 3.63) is 33.0 Å². The Morgan fingerprint density at radius 3 is 2.90 bits per heavy atom. The minimum atomic E-state index is 0.358. The Hall–Kier alpha value is -0.960. The van der Waals surface area contributed by atoms with Gasteiger partial charge in [-0.05, 0) is 34.1 Å². The number of aromatic nitrogens is 2. The standard InChI is InChI=1S/C12H14Br2N4O2/c1-19-5-4-15-7-11-17-18-12(20-11)16-10-3-2-8(13)6-9(10)14/h2-3,6,15H,4-5,7H2,1H3,(H,16,18). The molecule has 0 bridgehead atoms. The molecule has 108 valence electrons. The maximum atomic E-state index is 5.48.